The molecule has 2 N–H and O–H groups in total. The van der Waals surface area contributed by atoms with Crippen LogP contribution in [0.5, 0.6) is 5.75 Å². The molecule has 1 amide bonds. The van der Waals surface area contributed by atoms with Crippen LogP contribution < -0.4 is 15.4 Å². The molecule has 0 aromatic heterocycles. The molecule has 0 radical (unpaired) electrons. The number of carbonyl (C=O) groups is 1. The van der Waals surface area contributed by atoms with E-state index in [1.54, 1.807) is 7.11 Å². The van der Waals surface area contributed by atoms with Gasteiger partial charge in [-0.05, 0) is 43.2 Å². The number of benzene rings is 2. The van der Waals surface area contributed by atoms with Gasteiger partial charge in [-0.1, -0.05) is 41.9 Å². The van der Waals surface area contributed by atoms with Gasteiger partial charge in [-0.2, -0.15) is 0 Å². The lowest BCUT2D eigenvalue weighted by atomic mass is 10.1. The second-order valence-corrected chi connectivity index (χ2v) is 6.10. The molecule has 0 bridgehead atoms. The normalized spacial score (nSPS) is 13.2. The van der Waals surface area contributed by atoms with Crippen LogP contribution >= 0.6 is 11.6 Å². The fourth-order valence-corrected chi connectivity index (χ4v) is 2.75. The highest BCUT2D eigenvalue weighted by Gasteiger charge is 2.17. The van der Waals surface area contributed by atoms with Crippen molar-refractivity contribution in [3.8, 4) is 5.75 Å². The molecule has 0 fully saturated rings. The predicted octanol–water partition coefficient (Wildman–Crippen LogP) is 3.70. The van der Waals surface area contributed by atoms with Crippen LogP contribution in [0.15, 0.2) is 48.5 Å². The first-order valence-electron chi connectivity index (χ1n) is 7.92. The summed E-state index contributed by atoms with van der Waals surface area (Å²) in [7, 11) is 1.63. The van der Waals surface area contributed by atoms with E-state index < -0.39 is 0 Å². The first kappa shape index (κ1) is 18.3. The minimum absolute atomic E-state index is 0.0135. The van der Waals surface area contributed by atoms with Gasteiger partial charge in [-0.25, -0.2) is 0 Å². The molecule has 0 aliphatic heterocycles. The molecule has 2 aromatic rings. The summed E-state index contributed by atoms with van der Waals surface area (Å²) in [5.41, 5.74) is 2.00. The van der Waals surface area contributed by atoms with Gasteiger partial charge in [0.15, 0.2) is 0 Å². The van der Waals surface area contributed by atoms with Crippen molar-refractivity contribution in [2.75, 3.05) is 7.11 Å². The van der Waals surface area contributed by atoms with E-state index in [1.807, 2.05) is 62.4 Å². The number of hydrogen-bond donors (Lipinski definition) is 2. The van der Waals surface area contributed by atoms with Crippen LogP contribution in [0.2, 0.25) is 5.02 Å². The second-order valence-electron chi connectivity index (χ2n) is 5.70. The number of halogens is 1. The van der Waals surface area contributed by atoms with E-state index in [0.717, 1.165) is 16.9 Å². The third kappa shape index (κ3) is 4.98. The predicted molar refractivity (Wildman–Crippen MR) is 97.3 cm³/mol. The average Bonchev–Trinajstić information content (AvgIpc) is 2.60. The highest BCUT2D eigenvalue weighted by Crippen LogP contribution is 2.22. The van der Waals surface area contributed by atoms with Crippen molar-refractivity contribution < 1.29 is 9.53 Å². The SMILES string of the molecule is COc1ccc(CNC(=O)[C@@H](C)N[C@@H](C)c2ccccc2Cl)cc1. The smallest absolute Gasteiger partial charge is 0.237 e. The Kier molecular flexibility index (Phi) is 6.64. The Morgan fingerprint density at radius 1 is 1.12 bits per heavy atom. The van der Waals surface area contributed by atoms with Crippen LogP contribution in [0.25, 0.3) is 0 Å². The number of carbonyl (C=O) groups excluding carboxylic acids is 1. The standard InChI is InChI=1S/C19H23ClN2O2/c1-13(17-6-4-5-7-18(17)20)22-14(2)19(23)21-12-15-8-10-16(24-3)11-9-15/h4-11,13-14,22H,12H2,1-3H3,(H,21,23)/t13-,14+/m0/s1. The van der Waals surface area contributed by atoms with Gasteiger partial charge in [-0.3, -0.25) is 10.1 Å². The molecule has 0 aliphatic carbocycles. The monoisotopic (exact) mass is 346 g/mol. The molecule has 2 rings (SSSR count). The molecular formula is C19H23ClN2O2. The highest BCUT2D eigenvalue weighted by atomic mass is 35.5. The van der Waals surface area contributed by atoms with E-state index in [9.17, 15) is 4.79 Å². The third-order valence-electron chi connectivity index (χ3n) is 3.89. The van der Waals surface area contributed by atoms with Crippen molar-refractivity contribution in [2.24, 2.45) is 0 Å². The lowest BCUT2D eigenvalue weighted by molar-refractivity contribution is -0.123. The topological polar surface area (TPSA) is 50.4 Å². The summed E-state index contributed by atoms with van der Waals surface area (Å²) in [4.78, 5) is 12.3. The first-order valence-corrected chi connectivity index (χ1v) is 8.30. The van der Waals surface area contributed by atoms with E-state index in [4.69, 9.17) is 16.3 Å². The maximum Gasteiger partial charge on any atom is 0.237 e. The van der Waals surface area contributed by atoms with Gasteiger partial charge in [0, 0.05) is 17.6 Å². The molecular weight excluding hydrogens is 324 g/mol. The minimum atomic E-state index is -0.325. The summed E-state index contributed by atoms with van der Waals surface area (Å²) in [6.07, 6.45) is 0. The Bertz CT molecular complexity index is 673. The van der Waals surface area contributed by atoms with Crippen molar-refractivity contribution in [1.29, 1.82) is 0 Å². The summed E-state index contributed by atoms with van der Waals surface area (Å²) < 4.78 is 5.12. The van der Waals surface area contributed by atoms with Crippen molar-refractivity contribution in [3.05, 3.63) is 64.7 Å². The van der Waals surface area contributed by atoms with E-state index in [2.05, 4.69) is 10.6 Å². The van der Waals surface area contributed by atoms with Crippen LogP contribution in [0, 0.1) is 0 Å². The number of nitrogens with one attached hydrogen (secondary N) is 2. The fourth-order valence-electron chi connectivity index (χ4n) is 2.45. The summed E-state index contributed by atoms with van der Waals surface area (Å²) in [6, 6.07) is 14.9. The molecule has 24 heavy (non-hydrogen) atoms. The van der Waals surface area contributed by atoms with Crippen molar-refractivity contribution in [2.45, 2.75) is 32.5 Å². The van der Waals surface area contributed by atoms with Crippen molar-refractivity contribution >= 4 is 17.5 Å². The van der Waals surface area contributed by atoms with Gasteiger partial charge in [0.05, 0.1) is 13.2 Å². The van der Waals surface area contributed by atoms with Crippen molar-refractivity contribution in [3.63, 3.8) is 0 Å². The second kappa shape index (κ2) is 8.71. The number of amides is 1. The first-order chi connectivity index (χ1) is 11.5. The minimum Gasteiger partial charge on any atom is -0.497 e. The number of rotatable bonds is 7. The molecule has 5 heteroatoms. The van der Waals surface area contributed by atoms with Crippen LogP contribution in [0.3, 0.4) is 0 Å². The zero-order valence-electron chi connectivity index (χ0n) is 14.2. The average molecular weight is 347 g/mol. The van der Waals surface area contributed by atoms with Gasteiger partial charge < -0.3 is 10.1 Å². The molecule has 0 unspecified atom stereocenters. The maximum atomic E-state index is 12.3. The van der Waals surface area contributed by atoms with Gasteiger partial charge in [0.25, 0.3) is 0 Å². The molecule has 0 saturated carbocycles. The zero-order valence-corrected chi connectivity index (χ0v) is 14.9. The molecule has 0 heterocycles. The Morgan fingerprint density at radius 3 is 2.42 bits per heavy atom. The lowest BCUT2D eigenvalue weighted by Crippen LogP contribution is -2.42. The van der Waals surface area contributed by atoms with Gasteiger partial charge in [0.1, 0.15) is 5.75 Å². The summed E-state index contributed by atoms with van der Waals surface area (Å²) in [6.45, 7) is 4.32. The third-order valence-corrected chi connectivity index (χ3v) is 4.24. The van der Waals surface area contributed by atoms with Gasteiger partial charge >= 0.3 is 0 Å². The largest absolute Gasteiger partial charge is 0.497 e. The molecule has 2 atom stereocenters. The molecule has 0 spiro atoms. The molecule has 128 valence electrons. The fraction of sp³-hybridized carbons (Fsp3) is 0.316. The zero-order chi connectivity index (χ0) is 17.5. The highest BCUT2D eigenvalue weighted by molar-refractivity contribution is 6.31. The summed E-state index contributed by atoms with van der Waals surface area (Å²) >= 11 is 6.20. The molecule has 4 nitrogen and oxygen atoms in total. The quantitative estimate of drug-likeness (QED) is 0.803. The Labute approximate surface area is 148 Å². The number of hydrogen-bond acceptors (Lipinski definition) is 3. The van der Waals surface area contributed by atoms with E-state index in [0.29, 0.717) is 11.6 Å². The summed E-state index contributed by atoms with van der Waals surface area (Å²) in [5.74, 6) is 0.749. The number of methoxy groups -OCH3 is 1. The van der Waals surface area contributed by atoms with Crippen LogP contribution in [0.1, 0.15) is 31.0 Å². The Hall–Kier alpha value is -2.04. The van der Waals surface area contributed by atoms with Gasteiger partial charge in [0.2, 0.25) is 5.91 Å². The Morgan fingerprint density at radius 2 is 1.79 bits per heavy atom. The summed E-state index contributed by atoms with van der Waals surface area (Å²) in [5, 5.41) is 6.90. The molecule has 0 aliphatic rings. The Balaban J connectivity index is 1.86. The van der Waals surface area contributed by atoms with Crippen LogP contribution in [-0.4, -0.2) is 19.1 Å². The maximum absolute atomic E-state index is 12.3. The number of ether oxygens (including phenoxy) is 1. The van der Waals surface area contributed by atoms with Crippen LogP contribution in [0.4, 0.5) is 0 Å². The van der Waals surface area contributed by atoms with Crippen LogP contribution in [-0.2, 0) is 11.3 Å². The van der Waals surface area contributed by atoms with E-state index in [1.165, 1.54) is 0 Å². The van der Waals surface area contributed by atoms with Crippen molar-refractivity contribution in [1.82, 2.24) is 10.6 Å². The lowest BCUT2D eigenvalue weighted by Gasteiger charge is -2.21. The van der Waals surface area contributed by atoms with E-state index >= 15 is 0 Å². The van der Waals surface area contributed by atoms with Gasteiger partial charge in [-0.15, -0.1) is 0 Å². The van der Waals surface area contributed by atoms with E-state index in [-0.39, 0.29) is 18.0 Å². The molecule has 2 aromatic carbocycles. The molecule has 0 saturated heterocycles.